The lowest BCUT2D eigenvalue weighted by Crippen LogP contribution is -2.37. The zero-order chi connectivity index (χ0) is 14.6. The van der Waals surface area contributed by atoms with Crippen molar-refractivity contribution in [1.29, 1.82) is 0 Å². The molecule has 0 saturated heterocycles. The standard InChI is InChI=1S/C16H23NO2S/c1-3-8-13(4-2)16(14-11-12-14)17-20(18,19)15-9-6-5-7-10-15/h4-7,9-10,14,16-17H,3,8,11-12H2,1-2H3/b13-4+/t16-/m0/s1. The highest BCUT2D eigenvalue weighted by atomic mass is 32.2. The molecule has 0 aromatic heterocycles. The third kappa shape index (κ3) is 3.70. The average Bonchev–Trinajstić information content (AvgIpc) is 3.28. The number of nitrogens with one attached hydrogen (secondary N) is 1. The minimum absolute atomic E-state index is 0.0369. The quantitative estimate of drug-likeness (QED) is 0.782. The Morgan fingerprint density at radius 3 is 2.50 bits per heavy atom. The lowest BCUT2D eigenvalue weighted by atomic mass is 9.99. The Morgan fingerprint density at radius 1 is 1.35 bits per heavy atom. The summed E-state index contributed by atoms with van der Waals surface area (Å²) < 4.78 is 27.8. The van der Waals surface area contributed by atoms with E-state index in [2.05, 4.69) is 17.7 Å². The molecule has 1 N–H and O–H groups in total. The van der Waals surface area contributed by atoms with Crippen molar-refractivity contribution in [2.45, 2.75) is 50.5 Å². The molecule has 1 aromatic carbocycles. The fraction of sp³-hybridized carbons (Fsp3) is 0.500. The molecule has 0 radical (unpaired) electrons. The van der Waals surface area contributed by atoms with Crippen LogP contribution in [0.1, 0.15) is 39.5 Å². The zero-order valence-electron chi connectivity index (χ0n) is 12.2. The van der Waals surface area contributed by atoms with Gasteiger partial charge in [-0.1, -0.05) is 43.2 Å². The minimum atomic E-state index is -3.43. The molecule has 0 aliphatic heterocycles. The van der Waals surface area contributed by atoms with Gasteiger partial charge >= 0.3 is 0 Å². The molecule has 20 heavy (non-hydrogen) atoms. The van der Waals surface area contributed by atoms with Crippen LogP contribution >= 0.6 is 0 Å². The first-order valence-corrected chi connectivity index (χ1v) is 8.79. The second-order valence-corrected chi connectivity index (χ2v) is 7.08. The molecule has 1 aliphatic carbocycles. The fourth-order valence-corrected chi connectivity index (χ4v) is 3.84. The van der Waals surface area contributed by atoms with Crippen LogP contribution in [0.5, 0.6) is 0 Å². The number of allylic oxidation sites excluding steroid dienone is 1. The van der Waals surface area contributed by atoms with E-state index in [9.17, 15) is 8.42 Å². The van der Waals surface area contributed by atoms with Gasteiger partial charge in [0.1, 0.15) is 0 Å². The molecule has 0 unspecified atom stereocenters. The molecule has 1 saturated carbocycles. The smallest absolute Gasteiger partial charge is 0.207 e. The summed E-state index contributed by atoms with van der Waals surface area (Å²) in [5, 5.41) is 0. The van der Waals surface area contributed by atoms with Gasteiger partial charge in [-0.15, -0.1) is 0 Å². The van der Waals surface area contributed by atoms with Gasteiger partial charge in [0.2, 0.25) is 10.0 Å². The highest BCUT2D eigenvalue weighted by Crippen LogP contribution is 2.37. The van der Waals surface area contributed by atoms with Crippen molar-refractivity contribution < 1.29 is 8.42 Å². The number of rotatable bonds is 7. The molecule has 3 nitrogen and oxygen atoms in total. The van der Waals surface area contributed by atoms with Gasteiger partial charge in [0.15, 0.2) is 0 Å². The van der Waals surface area contributed by atoms with E-state index in [1.807, 2.05) is 13.0 Å². The van der Waals surface area contributed by atoms with E-state index >= 15 is 0 Å². The molecular weight excluding hydrogens is 270 g/mol. The maximum atomic E-state index is 12.5. The van der Waals surface area contributed by atoms with Crippen LogP contribution in [0.25, 0.3) is 0 Å². The van der Waals surface area contributed by atoms with Crippen molar-refractivity contribution >= 4 is 10.0 Å². The number of benzene rings is 1. The molecule has 110 valence electrons. The second-order valence-electron chi connectivity index (χ2n) is 5.36. The first kappa shape index (κ1) is 15.3. The third-order valence-electron chi connectivity index (χ3n) is 3.74. The first-order valence-electron chi connectivity index (χ1n) is 7.31. The summed E-state index contributed by atoms with van der Waals surface area (Å²) >= 11 is 0. The average molecular weight is 293 g/mol. The van der Waals surface area contributed by atoms with Crippen molar-refractivity contribution in [3.05, 3.63) is 42.0 Å². The molecule has 0 amide bonds. The fourth-order valence-electron chi connectivity index (χ4n) is 2.51. The summed E-state index contributed by atoms with van der Waals surface area (Å²) in [5.74, 6) is 0.464. The Morgan fingerprint density at radius 2 is 2.00 bits per heavy atom. The Bertz CT molecular complexity index is 559. The van der Waals surface area contributed by atoms with Crippen molar-refractivity contribution in [2.75, 3.05) is 0 Å². The largest absolute Gasteiger partial charge is 0.241 e. The molecule has 4 heteroatoms. The van der Waals surface area contributed by atoms with Gasteiger partial charge in [0.25, 0.3) is 0 Å². The molecule has 1 aromatic rings. The molecular formula is C16H23NO2S. The summed E-state index contributed by atoms with van der Waals surface area (Å²) in [6.07, 6.45) is 6.29. The first-order chi connectivity index (χ1) is 9.58. The predicted octanol–water partition coefficient (Wildman–Crippen LogP) is 3.49. The van der Waals surface area contributed by atoms with E-state index in [0.29, 0.717) is 10.8 Å². The van der Waals surface area contributed by atoms with E-state index in [0.717, 1.165) is 25.7 Å². The summed E-state index contributed by atoms with van der Waals surface area (Å²) in [6, 6.07) is 8.58. The van der Waals surface area contributed by atoms with Gasteiger partial charge in [-0.3, -0.25) is 0 Å². The highest BCUT2D eigenvalue weighted by molar-refractivity contribution is 7.89. The molecule has 2 rings (SSSR count). The number of hydrogen-bond donors (Lipinski definition) is 1. The van der Waals surface area contributed by atoms with Crippen LogP contribution in [-0.4, -0.2) is 14.5 Å². The van der Waals surface area contributed by atoms with Crippen LogP contribution in [0.2, 0.25) is 0 Å². The topological polar surface area (TPSA) is 46.2 Å². The molecule has 1 aliphatic rings. The maximum Gasteiger partial charge on any atom is 0.241 e. The molecule has 1 atom stereocenters. The number of sulfonamides is 1. The Kier molecular flexibility index (Phi) is 5.00. The summed E-state index contributed by atoms with van der Waals surface area (Å²) in [5.41, 5.74) is 1.22. The molecule has 0 bridgehead atoms. The van der Waals surface area contributed by atoms with Crippen molar-refractivity contribution in [1.82, 2.24) is 4.72 Å². The summed E-state index contributed by atoms with van der Waals surface area (Å²) in [7, 11) is -3.43. The van der Waals surface area contributed by atoms with E-state index in [1.54, 1.807) is 24.3 Å². The van der Waals surface area contributed by atoms with Crippen molar-refractivity contribution in [3.63, 3.8) is 0 Å². The minimum Gasteiger partial charge on any atom is -0.207 e. The summed E-state index contributed by atoms with van der Waals surface area (Å²) in [6.45, 7) is 4.12. The van der Waals surface area contributed by atoms with E-state index in [4.69, 9.17) is 0 Å². The van der Waals surface area contributed by atoms with Gasteiger partial charge in [-0.25, -0.2) is 13.1 Å². The molecule has 0 spiro atoms. The van der Waals surface area contributed by atoms with Gasteiger partial charge in [-0.05, 0) is 44.2 Å². The third-order valence-corrected chi connectivity index (χ3v) is 5.19. The predicted molar refractivity (Wildman–Crippen MR) is 81.9 cm³/mol. The van der Waals surface area contributed by atoms with Crippen LogP contribution in [-0.2, 0) is 10.0 Å². The van der Waals surface area contributed by atoms with Gasteiger partial charge < -0.3 is 0 Å². The normalized spacial score (nSPS) is 18.0. The van der Waals surface area contributed by atoms with Crippen LogP contribution < -0.4 is 4.72 Å². The molecule has 1 fully saturated rings. The monoisotopic (exact) mass is 293 g/mol. The van der Waals surface area contributed by atoms with Crippen LogP contribution in [0, 0.1) is 5.92 Å². The lowest BCUT2D eigenvalue weighted by molar-refractivity contribution is 0.539. The Labute approximate surface area is 122 Å². The Balaban J connectivity index is 2.20. The second kappa shape index (κ2) is 6.55. The lowest BCUT2D eigenvalue weighted by Gasteiger charge is -2.21. The maximum absolute atomic E-state index is 12.5. The van der Waals surface area contributed by atoms with Gasteiger partial charge in [0, 0.05) is 6.04 Å². The molecule has 0 heterocycles. The van der Waals surface area contributed by atoms with Crippen molar-refractivity contribution in [2.24, 2.45) is 5.92 Å². The van der Waals surface area contributed by atoms with E-state index in [1.165, 1.54) is 5.57 Å². The van der Waals surface area contributed by atoms with Crippen molar-refractivity contribution in [3.8, 4) is 0 Å². The van der Waals surface area contributed by atoms with Crippen LogP contribution in [0.3, 0.4) is 0 Å². The summed E-state index contributed by atoms with van der Waals surface area (Å²) in [4.78, 5) is 0.345. The van der Waals surface area contributed by atoms with Gasteiger partial charge in [-0.2, -0.15) is 0 Å². The van der Waals surface area contributed by atoms with E-state index < -0.39 is 10.0 Å². The highest BCUT2D eigenvalue weighted by Gasteiger charge is 2.35. The Hall–Kier alpha value is -1.13. The van der Waals surface area contributed by atoms with Crippen LogP contribution in [0.4, 0.5) is 0 Å². The van der Waals surface area contributed by atoms with Crippen LogP contribution in [0.15, 0.2) is 46.9 Å². The van der Waals surface area contributed by atoms with E-state index in [-0.39, 0.29) is 6.04 Å². The SMILES string of the molecule is C/C=C(\CCC)[C@H](NS(=O)(=O)c1ccccc1)C1CC1. The van der Waals surface area contributed by atoms with Gasteiger partial charge in [0.05, 0.1) is 4.90 Å². The number of hydrogen-bond acceptors (Lipinski definition) is 2. The zero-order valence-corrected chi connectivity index (χ0v) is 13.0.